The Labute approximate surface area is 95.8 Å². The topological polar surface area (TPSA) is 76.3 Å². The second-order valence-corrected chi connectivity index (χ2v) is 3.40. The van der Waals surface area contributed by atoms with Gasteiger partial charge in [0, 0.05) is 20.2 Å². The molecular weight excluding hydrogens is 206 g/mol. The molecule has 0 fully saturated rings. The quantitative estimate of drug-likeness (QED) is 0.511. The second-order valence-electron chi connectivity index (χ2n) is 3.40. The van der Waals surface area contributed by atoms with E-state index >= 15 is 0 Å². The Balaban J connectivity index is 2.49. The van der Waals surface area contributed by atoms with E-state index in [9.17, 15) is 0 Å². The first-order valence-corrected chi connectivity index (χ1v) is 5.29. The summed E-state index contributed by atoms with van der Waals surface area (Å²) in [6.45, 7) is 5.47. The predicted molar refractivity (Wildman–Crippen MR) is 62.7 cm³/mol. The molecular formula is C10H19N5O. The van der Waals surface area contributed by atoms with E-state index in [4.69, 9.17) is 10.6 Å². The van der Waals surface area contributed by atoms with Crippen LogP contribution in [0.25, 0.3) is 0 Å². The number of hydrogen-bond donors (Lipinski definition) is 2. The van der Waals surface area contributed by atoms with E-state index in [0.717, 1.165) is 31.9 Å². The number of nitrogen functional groups attached to an aromatic ring is 1. The summed E-state index contributed by atoms with van der Waals surface area (Å²) in [4.78, 5) is 10.6. The van der Waals surface area contributed by atoms with Crippen molar-refractivity contribution in [3.05, 3.63) is 18.1 Å². The zero-order valence-electron chi connectivity index (χ0n) is 9.81. The van der Waals surface area contributed by atoms with E-state index in [-0.39, 0.29) is 0 Å². The van der Waals surface area contributed by atoms with Gasteiger partial charge in [-0.15, -0.1) is 0 Å². The molecule has 0 aliphatic rings. The van der Waals surface area contributed by atoms with Crippen molar-refractivity contribution < 1.29 is 4.74 Å². The number of ether oxygens (including phenoxy) is 1. The standard InChI is InChI=1S/C10H19N5O/c1-3-15(4-5-16-2)8-9-6-13-10(14-11)7-12-9/h6-7H,3-5,8,11H2,1-2H3,(H,13,14). The molecule has 0 atom stereocenters. The minimum Gasteiger partial charge on any atom is -0.383 e. The molecule has 6 nitrogen and oxygen atoms in total. The number of anilines is 1. The van der Waals surface area contributed by atoms with Crippen LogP contribution in [0.2, 0.25) is 0 Å². The molecule has 90 valence electrons. The lowest BCUT2D eigenvalue weighted by atomic mass is 10.4. The Morgan fingerprint density at radius 2 is 2.25 bits per heavy atom. The van der Waals surface area contributed by atoms with Crippen LogP contribution in [0.5, 0.6) is 0 Å². The molecule has 0 unspecified atom stereocenters. The Morgan fingerprint density at radius 3 is 2.75 bits per heavy atom. The molecule has 6 heteroatoms. The number of likely N-dealkylation sites (N-methyl/N-ethyl adjacent to an activating group) is 1. The molecule has 3 N–H and O–H groups in total. The van der Waals surface area contributed by atoms with Gasteiger partial charge in [0.25, 0.3) is 0 Å². The summed E-state index contributed by atoms with van der Waals surface area (Å²) in [7, 11) is 1.70. The lowest BCUT2D eigenvalue weighted by Gasteiger charge is -2.19. The van der Waals surface area contributed by atoms with Crippen molar-refractivity contribution in [2.45, 2.75) is 13.5 Å². The number of methoxy groups -OCH3 is 1. The SMILES string of the molecule is CCN(CCOC)Cc1cnc(NN)cn1. The molecule has 0 saturated carbocycles. The number of aromatic nitrogens is 2. The van der Waals surface area contributed by atoms with Gasteiger partial charge in [0.2, 0.25) is 0 Å². The predicted octanol–water partition coefficient (Wildman–Crippen LogP) is 0.231. The Morgan fingerprint density at radius 1 is 1.44 bits per heavy atom. The fourth-order valence-corrected chi connectivity index (χ4v) is 1.31. The molecule has 1 aromatic rings. The number of nitrogens with two attached hydrogens (primary N) is 1. The molecule has 1 aromatic heterocycles. The lowest BCUT2D eigenvalue weighted by molar-refractivity contribution is 0.146. The van der Waals surface area contributed by atoms with Crippen molar-refractivity contribution in [1.29, 1.82) is 0 Å². The van der Waals surface area contributed by atoms with E-state index in [1.807, 2.05) is 0 Å². The molecule has 0 amide bonds. The smallest absolute Gasteiger partial charge is 0.158 e. The number of rotatable bonds is 7. The largest absolute Gasteiger partial charge is 0.383 e. The summed E-state index contributed by atoms with van der Waals surface area (Å²) in [6.07, 6.45) is 3.35. The van der Waals surface area contributed by atoms with Gasteiger partial charge < -0.3 is 10.2 Å². The van der Waals surface area contributed by atoms with Crippen LogP contribution in [0, 0.1) is 0 Å². The maximum absolute atomic E-state index is 5.21. The average molecular weight is 225 g/mol. The minimum atomic E-state index is 0.573. The lowest BCUT2D eigenvalue weighted by Crippen LogP contribution is -2.27. The third-order valence-electron chi connectivity index (χ3n) is 2.30. The van der Waals surface area contributed by atoms with Crippen molar-refractivity contribution in [2.24, 2.45) is 5.84 Å². The van der Waals surface area contributed by atoms with Gasteiger partial charge in [-0.3, -0.25) is 9.88 Å². The summed E-state index contributed by atoms with van der Waals surface area (Å²) in [5.41, 5.74) is 3.38. The van der Waals surface area contributed by atoms with Gasteiger partial charge in [-0.25, -0.2) is 10.8 Å². The van der Waals surface area contributed by atoms with Crippen molar-refractivity contribution in [2.75, 3.05) is 32.2 Å². The molecule has 16 heavy (non-hydrogen) atoms. The molecule has 0 aliphatic heterocycles. The van der Waals surface area contributed by atoms with Gasteiger partial charge >= 0.3 is 0 Å². The van der Waals surface area contributed by atoms with Crippen molar-refractivity contribution in [3.8, 4) is 0 Å². The number of nitrogens with one attached hydrogen (secondary N) is 1. The molecule has 0 aliphatic carbocycles. The zero-order valence-corrected chi connectivity index (χ0v) is 9.81. The van der Waals surface area contributed by atoms with Gasteiger partial charge in [0.05, 0.1) is 24.7 Å². The van der Waals surface area contributed by atoms with Crippen molar-refractivity contribution in [3.63, 3.8) is 0 Å². The summed E-state index contributed by atoms with van der Waals surface area (Å²) < 4.78 is 5.04. The normalized spacial score (nSPS) is 10.8. The molecule has 0 saturated heterocycles. The van der Waals surface area contributed by atoms with Gasteiger partial charge in [-0.1, -0.05) is 6.92 Å². The molecule has 0 bridgehead atoms. The van der Waals surface area contributed by atoms with Crippen molar-refractivity contribution in [1.82, 2.24) is 14.9 Å². The summed E-state index contributed by atoms with van der Waals surface area (Å²) in [5.74, 6) is 5.79. The Hall–Kier alpha value is -1.24. The van der Waals surface area contributed by atoms with Gasteiger partial charge in [0.15, 0.2) is 5.82 Å². The van der Waals surface area contributed by atoms with Crippen molar-refractivity contribution >= 4 is 5.82 Å². The van der Waals surface area contributed by atoms with Gasteiger partial charge in [0.1, 0.15) is 0 Å². The van der Waals surface area contributed by atoms with E-state index in [1.165, 1.54) is 0 Å². The Kier molecular flexibility index (Phi) is 5.69. The van der Waals surface area contributed by atoms with E-state index < -0.39 is 0 Å². The average Bonchev–Trinajstić information content (AvgIpc) is 2.35. The maximum atomic E-state index is 5.21. The van der Waals surface area contributed by atoms with E-state index in [2.05, 4.69) is 27.2 Å². The van der Waals surface area contributed by atoms with Gasteiger partial charge in [-0.05, 0) is 6.54 Å². The van der Waals surface area contributed by atoms with Crippen LogP contribution in [-0.2, 0) is 11.3 Å². The highest BCUT2D eigenvalue weighted by molar-refractivity contribution is 5.28. The van der Waals surface area contributed by atoms with Crippen LogP contribution in [0.3, 0.4) is 0 Å². The summed E-state index contributed by atoms with van der Waals surface area (Å²) in [6, 6.07) is 0. The highest BCUT2D eigenvalue weighted by Crippen LogP contribution is 2.02. The van der Waals surface area contributed by atoms with Crippen LogP contribution >= 0.6 is 0 Å². The third-order valence-corrected chi connectivity index (χ3v) is 2.30. The molecule has 0 radical (unpaired) electrons. The van der Waals surface area contributed by atoms with Crippen LogP contribution in [-0.4, -0.2) is 41.7 Å². The molecule has 0 spiro atoms. The van der Waals surface area contributed by atoms with Crippen LogP contribution in [0.1, 0.15) is 12.6 Å². The fourth-order valence-electron chi connectivity index (χ4n) is 1.31. The van der Waals surface area contributed by atoms with Crippen LogP contribution < -0.4 is 11.3 Å². The zero-order chi connectivity index (χ0) is 11.8. The maximum Gasteiger partial charge on any atom is 0.158 e. The molecule has 0 aromatic carbocycles. The van der Waals surface area contributed by atoms with Gasteiger partial charge in [-0.2, -0.15) is 0 Å². The second kappa shape index (κ2) is 7.10. The highest BCUT2D eigenvalue weighted by Gasteiger charge is 2.04. The third kappa shape index (κ3) is 4.09. The fraction of sp³-hybridized carbons (Fsp3) is 0.600. The first-order chi connectivity index (χ1) is 7.80. The number of hydrazine groups is 1. The highest BCUT2D eigenvalue weighted by atomic mass is 16.5. The monoisotopic (exact) mass is 225 g/mol. The molecule has 1 rings (SSSR count). The van der Waals surface area contributed by atoms with Crippen LogP contribution in [0.4, 0.5) is 5.82 Å². The number of hydrogen-bond acceptors (Lipinski definition) is 6. The first-order valence-electron chi connectivity index (χ1n) is 5.29. The van der Waals surface area contributed by atoms with Crippen LogP contribution in [0.15, 0.2) is 12.4 Å². The van der Waals surface area contributed by atoms with E-state index in [1.54, 1.807) is 19.5 Å². The first kappa shape index (κ1) is 12.8. The molecule has 1 heterocycles. The summed E-state index contributed by atoms with van der Waals surface area (Å²) >= 11 is 0. The Bertz CT molecular complexity index is 290. The minimum absolute atomic E-state index is 0.573. The van der Waals surface area contributed by atoms with E-state index in [0.29, 0.717) is 5.82 Å². The number of nitrogens with zero attached hydrogens (tertiary/aromatic N) is 3. The summed E-state index contributed by atoms with van der Waals surface area (Å²) in [5, 5.41) is 0.